The highest BCUT2D eigenvalue weighted by molar-refractivity contribution is 5.49. The molecule has 0 saturated carbocycles. The average Bonchev–Trinajstić information content (AvgIpc) is 2.90. The molecule has 0 amide bonds. The molecular weight excluding hydrogens is 240 g/mol. The molecule has 1 aliphatic heterocycles. The van der Waals surface area contributed by atoms with E-state index in [-0.39, 0.29) is 5.41 Å². The summed E-state index contributed by atoms with van der Waals surface area (Å²) in [7, 11) is 0. The van der Waals surface area contributed by atoms with Crippen LogP contribution in [0.25, 0.3) is 11.5 Å². The Hall–Kier alpha value is -1.75. The van der Waals surface area contributed by atoms with Crippen LogP contribution in [-0.4, -0.2) is 28.2 Å². The number of piperidine rings is 1. The maximum atomic E-state index is 5.47. The summed E-state index contributed by atoms with van der Waals surface area (Å²) in [6, 6.07) is 3.93. The third-order valence-corrected chi connectivity index (χ3v) is 3.79. The Balaban J connectivity index is 1.91. The fourth-order valence-corrected chi connectivity index (χ4v) is 2.42. The highest BCUT2D eigenvalue weighted by Crippen LogP contribution is 2.32. The summed E-state index contributed by atoms with van der Waals surface area (Å²) < 4.78 is 5.47. The molecule has 0 unspecified atom stereocenters. The second kappa shape index (κ2) is 4.74. The van der Waals surface area contributed by atoms with Gasteiger partial charge in [0.15, 0.2) is 0 Å². The molecule has 0 aromatic carbocycles. The van der Waals surface area contributed by atoms with Gasteiger partial charge in [-0.3, -0.25) is 4.98 Å². The molecular formula is C14H18N4O. The standard InChI is InChI=1S/C14H18N4O/c1-10-3-6-16-11(9-10)12-17-13(19-18-12)14(2)4-7-15-8-5-14/h3,6,9,15H,4-5,7-8H2,1-2H3. The highest BCUT2D eigenvalue weighted by atomic mass is 16.5. The van der Waals surface area contributed by atoms with Gasteiger partial charge in [0.1, 0.15) is 5.69 Å². The first kappa shape index (κ1) is 12.3. The minimum absolute atomic E-state index is 0.0136. The van der Waals surface area contributed by atoms with Gasteiger partial charge in [-0.2, -0.15) is 4.98 Å². The molecule has 3 heterocycles. The van der Waals surface area contributed by atoms with Crippen LogP contribution in [0.1, 0.15) is 31.2 Å². The van der Waals surface area contributed by atoms with Crippen LogP contribution in [0.3, 0.4) is 0 Å². The molecule has 1 N–H and O–H groups in total. The molecule has 19 heavy (non-hydrogen) atoms. The fraction of sp³-hybridized carbons (Fsp3) is 0.500. The molecule has 0 atom stereocenters. The van der Waals surface area contributed by atoms with E-state index < -0.39 is 0 Å². The van der Waals surface area contributed by atoms with Gasteiger partial charge < -0.3 is 9.84 Å². The molecule has 5 nitrogen and oxygen atoms in total. The van der Waals surface area contributed by atoms with Crippen molar-refractivity contribution in [3.05, 3.63) is 29.8 Å². The van der Waals surface area contributed by atoms with Crippen molar-refractivity contribution >= 4 is 0 Å². The Bertz CT molecular complexity index is 572. The lowest BCUT2D eigenvalue weighted by Crippen LogP contribution is -2.37. The topological polar surface area (TPSA) is 63.8 Å². The van der Waals surface area contributed by atoms with E-state index in [1.807, 2.05) is 19.1 Å². The van der Waals surface area contributed by atoms with Gasteiger partial charge in [0.05, 0.1) is 0 Å². The zero-order valence-electron chi connectivity index (χ0n) is 11.3. The maximum absolute atomic E-state index is 5.47. The summed E-state index contributed by atoms with van der Waals surface area (Å²) in [5.41, 5.74) is 1.90. The van der Waals surface area contributed by atoms with Gasteiger partial charge >= 0.3 is 0 Å². The van der Waals surface area contributed by atoms with Crippen molar-refractivity contribution in [2.24, 2.45) is 0 Å². The number of aryl methyl sites for hydroxylation is 1. The molecule has 3 rings (SSSR count). The molecule has 0 spiro atoms. The van der Waals surface area contributed by atoms with E-state index in [0.29, 0.717) is 5.82 Å². The van der Waals surface area contributed by atoms with E-state index in [2.05, 4.69) is 27.4 Å². The third-order valence-electron chi connectivity index (χ3n) is 3.79. The van der Waals surface area contributed by atoms with E-state index in [9.17, 15) is 0 Å². The first-order valence-corrected chi connectivity index (χ1v) is 6.65. The van der Waals surface area contributed by atoms with Crippen LogP contribution in [0, 0.1) is 6.92 Å². The number of pyridine rings is 1. The van der Waals surface area contributed by atoms with Crippen molar-refractivity contribution in [3.63, 3.8) is 0 Å². The van der Waals surface area contributed by atoms with E-state index in [1.165, 1.54) is 0 Å². The first-order valence-electron chi connectivity index (χ1n) is 6.65. The monoisotopic (exact) mass is 258 g/mol. The van der Waals surface area contributed by atoms with Gasteiger partial charge in [-0.25, -0.2) is 0 Å². The molecule has 2 aromatic heterocycles. The summed E-state index contributed by atoms with van der Waals surface area (Å²) in [6.07, 6.45) is 3.82. The van der Waals surface area contributed by atoms with Crippen molar-refractivity contribution < 1.29 is 4.52 Å². The van der Waals surface area contributed by atoms with Gasteiger partial charge in [0, 0.05) is 11.6 Å². The molecule has 1 fully saturated rings. The number of hydrogen-bond donors (Lipinski definition) is 1. The van der Waals surface area contributed by atoms with Crippen molar-refractivity contribution in [3.8, 4) is 11.5 Å². The molecule has 0 aliphatic carbocycles. The lowest BCUT2D eigenvalue weighted by atomic mass is 9.81. The predicted octanol–water partition coefficient (Wildman–Crippen LogP) is 2.08. The largest absolute Gasteiger partial charge is 0.338 e. The molecule has 2 aromatic rings. The Morgan fingerprint density at radius 1 is 1.32 bits per heavy atom. The normalized spacial score (nSPS) is 18.4. The summed E-state index contributed by atoms with van der Waals surface area (Å²) in [6.45, 7) is 6.21. The van der Waals surface area contributed by atoms with E-state index in [1.54, 1.807) is 6.20 Å². The van der Waals surface area contributed by atoms with Crippen LogP contribution < -0.4 is 5.32 Å². The molecule has 1 saturated heterocycles. The van der Waals surface area contributed by atoms with Gasteiger partial charge in [0.25, 0.3) is 0 Å². The number of nitrogens with one attached hydrogen (secondary N) is 1. The summed E-state index contributed by atoms with van der Waals surface area (Å²) in [5.74, 6) is 1.31. The highest BCUT2D eigenvalue weighted by Gasteiger charge is 2.34. The van der Waals surface area contributed by atoms with Gasteiger partial charge in [-0.05, 0) is 50.6 Å². The summed E-state index contributed by atoms with van der Waals surface area (Å²) in [4.78, 5) is 8.84. The number of aromatic nitrogens is 3. The first-order chi connectivity index (χ1) is 9.17. The van der Waals surface area contributed by atoms with Gasteiger partial charge in [-0.15, -0.1) is 0 Å². The van der Waals surface area contributed by atoms with Crippen LogP contribution in [0.2, 0.25) is 0 Å². The zero-order valence-corrected chi connectivity index (χ0v) is 11.3. The summed E-state index contributed by atoms with van der Waals surface area (Å²) in [5, 5.41) is 7.43. The van der Waals surface area contributed by atoms with Crippen molar-refractivity contribution in [1.82, 2.24) is 20.4 Å². The van der Waals surface area contributed by atoms with Crippen molar-refractivity contribution in [2.75, 3.05) is 13.1 Å². The van der Waals surface area contributed by atoms with Crippen LogP contribution in [-0.2, 0) is 5.41 Å². The number of nitrogens with zero attached hydrogens (tertiary/aromatic N) is 3. The average molecular weight is 258 g/mol. The lowest BCUT2D eigenvalue weighted by Gasteiger charge is -2.30. The zero-order chi connectivity index (χ0) is 13.3. The second-order valence-electron chi connectivity index (χ2n) is 5.45. The molecule has 0 radical (unpaired) electrons. The maximum Gasteiger partial charge on any atom is 0.233 e. The van der Waals surface area contributed by atoms with Gasteiger partial charge in [0.2, 0.25) is 11.7 Å². The van der Waals surface area contributed by atoms with Crippen molar-refractivity contribution in [2.45, 2.75) is 32.1 Å². The minimum atomic E-state index is -0.0136. The van der Waals surface area contributed by atoms with Gasteiger partial charge in [-0.1, -0.05) is 12.1 Å². The SMILES string of the molecule is Cc1ccnc(-c2noc(C3(C)CCNCC3)n2)c1. The molecule has 5 heteroatoms. The Morgan fingerprint density at radius 2 is 2.11 bits per heavy atom. The third kappa shape index (κ3) is 2.38. The quantitative estimate of drug-likeness (QED) is 0.893. The second-order valence-corrected chi connectivity index (χ2v) is 5.45. The van der Waals surface area contributed by atoms with Crippen LogP contribution in [0.5, 0.6) is 0 Å². The summed E-state index contributed by atoms with van der Waals surface area (Å²) >= 11 is 0. The molecule has 0 bridgehead atoms. The smallest absolute Gasteiger partial charge is 0.233 e. The molecule has 100 valence electrons. The van der Waals surface area contributed by atoms with Crippen LogP contribution in [0.4, 0.5) is 0 Å². The lowest BCUT2D eigenvalue weighted by molar-refractivity contribution is 0.241. The van der Waals surface area contributed by atoms with Crippen LogP contribution >= 0.6 is 0 Å². The molecule has 1 aliphatic rings. The predicted molar refractivity (Wildman–Crippen MR) is 71.7 cm³/mol. The number of rotatable bonds is 2. The fourth-order valence-electron chi connectivity index (χ4n) is 2.42. The van der Waals surface area contributed by atoms with Crippen LogP contribution in [0.15, 0.2) is 22.9 Å². The van der Waals surface area contributed by atoms with Crippen molar-refractivity contribution in [1.29, 1.82) is 0 Å². The van der Waals surface area contributed by atoms with E-state index in [0.717, 1.165) is 43.1 Å². The number of hydrogen-bond acceptors (Lipinski definition) is 5. The minimum Gasteiger partial charge on any atom is -0.338 e. The van der Waals surface area contributed by atoms with E-state index >= 15 is 0 Å². The Kier molecular flexibility index (Phi) is 3.06. The Labute approximate surface area is 112 Å². The Morgan fingerprint density at radius 3 is 2.84 bits per heavy atom. The van der Waals surface area contributed by atoms with E-state index in [4.69, 9.17) is 4.52 Å².